The van der Waals surface area contributed by atoms with Gasteiger partial charge in [-0.05, 0) is 26.0 Å². The van der Waals surface area contributed by atoms with E-state index < -0.39 is 0 Å². The number of rotatable bonds is 2. The van der Waals surface area contributed by atoms with Crippen LogP contribution in [0.5, 0.6) is 0 Å². The van der Waals surface area contributed by atoms with Crippen molar-refractivity contribution in [2.24, 2.45) is 0 Å². The van der Waals surface area contributed by atoms with Crippen LogP contribution in [-0.2, 0) is 6.54 Å². The molecule has 2 nitrogen and oxygen atoms in total. The van der Waals surface area contributed by atoms with Crippen LogP contribution in [0.15, 0.2) is 12.1 Å². The summed E-state index contributed by atoms with van der Waals surface area (Å²) >= 11 is 1.92. The van der Waals surface area contributed by atoms with Crippen LogP contribution in [-0.4, -0.2) is 30.6 Å². The Morgan fingerprint density at radius 3 is 3.07 bits per heavy atom. The standard InChI is InChI=1S/C11H18N2S/c1-9-7-12-5-6-13(9)8-11-4-3-10(2)14-11/h3-4,9,12H,5-8H2,1-2H3. The average Bonchev–Trinajstić information content (AvgIpc) is 2.56. The van der Waals surface area contributed by atoms with Gasteiger partial charge in [0.15, 0.2) is 0 Å². The van der Waals surface area contributed by atoms with E-state index in [-0.39, 0.29) is 0 Å². The second-order valence-electron chi connectivity index (χ2n) is 4.04. The fourth-order valence-electron chi connectivity index (χ4n) is 1.89. The van der Waals surface area contributed by atoms with Crippen molar-refractivity contribution < 1.29 is 0 Å². The number of nitrogens with zero attached hydrogens (tertiary/aromatic N) is 1. The molecule has 2 heterocycles. The predicted molar refractivity (Wildman–Crippen MR) is 61.8 cm³/mol. The van der Waals surface area contributed by atoms with E-state index in [0.717, 1.165) is 19.6 Å². The fourth-order valence-corrected chi connectivity index (χ4v) is 2.80. The minimum Gasteiger partial charge on any atom is -0.314 e. The molecule has 2 rings (SSSR count). The number of hydrogen-bond donors (Lipinski definition) is 1. The molecule has 1 unspecified atom stereocenters. The second kappa shape index (κ2) is 4.43. The Balaban J connectivity index is 1.95. The quantitative estimate of drug-likeness (QED) is 0.801. The lowest BCUT2D eigenvalue weighted by molar-refractivity contribution is 0.167. The van der Waals surface area contributed by atoms with Gasteiger partial charge in [0, 0.05) is 42.0 Å². The first-order valence-electron chi connectivity index (χ1n) is 5.26. The Bertz CT molecular complexity index is 295. The van der Waals surface area contributed by atoms with E-state index in [1.54, 1.807) is 0 Å². The lowest BCUT2D eigenvalue weighted by Crippen LogP contribution is -2.49. The summed E-state index contributed by atoms with van der Waals surface area (Å²) < 4.78 is 0. The molecule has 0 amide bonds. The van der Waals surface area contributed by atoms with E-state index in [4.69, 9.17) is 0 Å². The summed E-state index contributed by atoms with van der Waals surface area (Å²) in [5.41, 5.74) is 0. The van der Waals surface area contributed by atoms with Crippen LogP contribution in [0.3, 0.4) is 0 Å². The summed E-state index contributed by atoms with van der Waals surface area (Å²) in [5, 5.41) is 3.42. The number of piperazine rings is 1. The largest absolute Gasteiger partial charge is 0.314 e. The third-order valence-electron chi connectivity index (χ3n) is 2.79. The van der Waals surface area contributed by atoms with E-state index in [9.17, 15) is 0 Å². The van der Waals surface area contributed by atoms with Gasteiger partial charge in [-0.3, -0.25) is 4.90 Å². The average molecular weight is 210 g/mol. The van der Waals surface area contributed by atoms with Gasteiger partial charge in [0.05, 0.1) is 0 Å². The topological polar surface area (TPSA) is 15.3 Å². The number of nitrogens with one attached hydrogen (secondary N) is 1. The van der Waals surface area contributed by atoms with Gasteiger partial charge in [-0.2, -0.15) is 0 Å². The summed E-state index contributed by atoms with van der Waals surface area (Å²) in [6.45, 7) is 9.04. The van der Waals surface area contributed by atoms with Gasteiger partial charge in [0.2, 0.25) is 0 Å². The van der Waals surface area contributed by atoms with E-state index in [0.29, 0.717) is 6.04 Å². The Morgan fingerprint density at radius 2 is 2.43 bits per heavy atom. The zero-order chi connectivity index (χ0) is 9.97. The number of aryl methyl sites for hydroxylation is 1. The summed E-state index contributed by atoms with van der Waals surface area (Å²) in [4.78, 5) is 5.47. The highest BCUT2D eigenvalue weighted by molar-refractivity contribution is 7.11. The van der Waals surface area contributed by atoms with Crippen molar-refractivity contribution in [3.63, 3.8) is 0 Å². The van der Waals surface area contributed by atoms with Crippen LogP contribution < -0.4 is 5.32 Å². The van der Waals surface area contributed by atoms with Gasteiger partial charge in [-0.15, -0.1) is 11.3 Å². The first kappa shape index (κ1) is 10.1. The highest BCUT2D eigenvalue weighted by atomic mass is 32.1. The maximum Gasteiger partial charge on any atom is 0.0331 e. The summed E-state index contributed by atoms with van der Waals surface area (Å²) in [6, 6.07) is 5.15. The summed E-state index contributed by atoms with van der Waals surface area (Å²) in [5.74, 6) is 0. The highest BCUT2D eigenvalue weighted by Crippen LogP contribution is 2.18. The fraction of sp³-hybridized carbons (Fsp3) is 0.636. The smallest absolute Gasteiger partial charge is 0.0331 e. The van der Waals surface area contributed by atoms with Crippen molar-refractivity contribution in [3.8, 4) is 0 Å². The minimum absolute atomic E-state index is 0.672. The van der Waals surface area contributed by atoms with E-state index in [1.807, 2.05) is 11.3 Å². The molecule has 1 N–H and O–H groups in total. The molecule has 0 spiro atoms. The molecular formula is C11H18N2S. The highest BCUT2D eigenvalue weighted by Gasteiger charge is 2.17. The Hall–Kier alpha value is -0.380. The molecule has 1 aromatic rings. The maximum absolute atomic E-state index is 3.42. The van der Waals surface area contributed by atoms with Crippen LogP contribution in [0.2, 0.25) is 0 Å². The molecule has 1 aliphatic rings. The van der Waals surface area contributed by atoms with E-state index >= 15 is 0 Å². The van der Waals surface area contributed by atoms with Crippen LogP contribution in [0.1, 0.15) is 16.7 Å². The van der Waals surface area contributed by atoms with Crippen molar-refractivity contribution in [3.05, 3.63) is 21.9 Å². The zero-order valence-electron chi connectivity index (χ0n) is 8.92. The van der Waals surface area contributed by atoms with Gasteiger partial charge < -0.3 is 5.32 Å². The van der Waals surface area contributed by atoms with Gasteiger partial charge in [-0.25, -0.2) is 0 Å². The first-order valence-corrected chi connectivity index (χ1v) is 6.07. The lowest BCUT2D eigenvalue weighted by atomic mass is 10.2. The molecule has 1 saturated heterocycles. The number of hydrogen-bond acceptors (Lipinski definition) is 3. The molecule has 0 bridgehead atoms. The molecule has 3 heteroatoms. The summed E-state index contributed by atoms with van der Waals surface area (Å²) in [6.07, 6.45) is 0. The third-order valence-corrected chi connectivity index (χ3v) is 3.78. The Labute approximate surface area is 89.9 Å². The van der Waals surface area contributed by atoms with E-state index in [2.05, 4.69) is 36.2 Å². The van der Waals surface area contributed by atoms with Gasteiger partial charge in [-0.1, -0.05) is 0 Å². The van der Waals surface area contributed by atoms with Crippen LogP contribution in [0.4, 0.5) is 0 Å². The van der Waals surface area contributed by atoms with Crippen molar-refractivity contribution in [2.75, 3.05) is 19.6 Å². The molecule has 1 atom stereocenters. The van der Waals surface area contributed by atoms with Crippen molar-refractivity contribution in [1.29, 1.82) is 0 Å². The molecule has 1 fully saturated rings. The summed E-state index contributed by atoms with van der Waals surface area (Å²) in [7, 11) is 0. The van der Waals surface area contributed by atoms with Crippen LogP contribution >= 0.6 is 11.3 Å². The first-order chi connectivity index (χ1) is 6.75. The SMILES string of the molecule is Cc1ccc(CN2CCNCC2C)s1. The van der Waals surface area contributed by atoms with Crippen molar-refractivity contribution in [2.45, 2.75) is 26.4 Å². The zero-order valence-corrected chi connectivity index (χ0v) is 9.73. The van der Waals surface area contributed by atoms with Gasteiger partial charge in [0.1, 0.15) is 0 Å². The number of thiophene rings is 1. The van der Waals surface area contributed by atoms with Crippen molar-refractivity contribution in [1.82, 2.24) is 10.2 Å². The molecule has 0 radical (unpaired) electrons. The normalized spacial score (nSPS) is 24.0. The molecular weight excluding hydrogens is 192 g/mol. The predicted octanol–water partition coefficient (Wildman–Crippen LogP) is 1.85. The third kappa shape index (κ3) is 2.35. The molecule has 0 saturated carbocycles. The molecule has 1 aromatic heterocycles. The van der Waals surface area contributed by atoms with E-state index in [1.165, 1.54) is 16.3 Å². The molecule has 14 heavy (non-hydrogen) atoms. The van der Waals surface area contributed by atoms with Gasteiger partial charge in [0.25, 0.3) is 0 Å². The van der Waals surface area contributed by atoms with Crippen LogP contribution in [0.25, 0.3) is 0 Å². The maximum atomic E-state index is 3.42. The lowest BCUT2D eigenvalue weighted by Gasteiger charge is -2.33. The minimum atomic E-state index is 0.672. The van der Waals surface area contributed by atoms with Crippen LogP contribution in [0, 0.1) is 6.92 Å². The molecule has 0 aromatic carbocycles. The monoisotopic (exact) mass is 210 g/mol. The molecule has 0 aliphatic carbocycles. The Kier molecular flexibility index (Phi) is 3.21. The molecule has 78 valence electrons. The van der Waals surface area contributed by atoms with Crippen molar-refractivity contribution >= 4 is 11.3 Å². The second-order valence-corrected chi connectivity index (χ2v) is 5.41. The molecule has 1 aliphatic heterocycles. The Morgan fingerprint density at radius 1 is 1.57 bits per heavy atom. The van der Waals surface area contributed by atoms with Gasteiger partial charge >= 0.3 is 0 Å².